The Kier molecular flexibility index (Phi) is 9.36. The molecule has 11 nitrogen and oxygen atoms in total. The standard InChI is InChI=1S/C54H30F3N11/c55-54(56,57)43-30-48(67-44-12-8-34(50-59-16-2-17-60-50)25-39(44)40-26-35(9-13-45(40)67)51-61-18-3-19-62-51)38(33-7-1-6-32(24-33)31-58)29-49(43)68-46-14-10-36(52-63-20-4-21-64-52)27-41(46)42-28-37(11-15-47(42)68)53-65-22-5-23-66-53/h1-30H. The first-order chi connectivity index (χ1) is 33.3. The summed E-state index contributed by atoms with van der Waals surface area (Å²) in [5, 5.41) is 13.0. The van der Waals surface area contributed by atoms with E-state index in [1.807, 2.05) is 71.3 Å². The van der Waals surface area contributed by atoms with Crippen LogP contribution in [0.2, 0.25) is 0 Å². The summed E-state index contributed by atoms with van der Waals surface area (Å²) in [7, 11) is 0. The van der Waals surface area contributed by atoms with E-state index in [2.05, 4.69) is 45.9 Å². The molecule has 6 aromatic heterocycles. The fourth-order valence-corrected chi connectivity index (χ4v) is 9.08. The summed E-state index contributed by atoms with van der Waals surface area (Å²) < 4.78 is 52.3. The molecule has 6 heterocycles. The largest absolute Gasteiger partial charge is 0.418 e. The molecule has 12 rings (SSSR count). The predicted octanol–water partition coefficient (Wildman–Crippen LogP) is 12.3. The quantitative estimate of drug-likeness (QED) is 0.153. The number of nitrogens with zero attached hydrogens (tertiary/aromatic N) is 11. The Morgan fingerprint density at radius 1 is 0.382 bits per heavy atom. The molecule has 0 N–H and O–H groups in total. The minimum Gasteiger partial charge on any atom is -0.309 e. The van der Waals surface area contributed by atoms with Crippen LogP contribution in [-0.4, -0.2) is 49.0 Å². The Labute approximate surface area is 384 Å². The topological polar surface area (TPSA) is 137 Å². The molecule has 0 saturated heterocycles. The molecule has 12 aromatic rings. The summed E-state index contributed by atoms with van der Waals surface area (Å²) in [4.78, 5) is 35.8. The van der Waals surface area contributed by atoms with E-state index in [1.165, 1.54) is 6.07 Å². The molecule has 14 heteroatoms. The van der Waals surface area contributed by atoms with Gasteiger partial charge in [0.15, 0.2) is 23.3 Å². The highest BCUT2D eigenvalue weighted by Gasteiger charge is 2.37. The van der Waals surface area contributed by atoms with Crippen LogP contribution >= 0.6 is 0 Å². The van der Waals surface area contributed by atoms with E-state index in [-0.39, 0.29) is 11.4 Å². The van der Waals surface area contributed by atoms with Crippen molar-refractivity contribution in [3.8, 4) is 74.1 Å². The molecule has 0 aliphatic carbocycles. The van der Waals surface area contributed by atoms with Gasteiger partial charge in [-0.2, -0.15) is 18.4 Å². The zero-order valence-electron chi connectivity index (χ0n) is 35.4. The first-order valence-corrected chi connectivity index (χ1v) is 21.3. The Morgan fingerprint density at radius 3 is 1.10 bits per heavy atom. The molecule has 6 aromatic carbocycles. The maximum atomic E-state index is 16.3. The van der Waals surface area contributed by atoms with Crippen LogP contribution in [0.3, 0.4) is 0 Å². The minimum atomic E-state index is -4.86. The fourth-order valence-electron chi connectivity index (χ4n) is 9.08. The number of aromatic nitrogens is 10. The van der Waals surface area contributed by atoms with Crippen LogP contribution in [-0.2, 0) is 6.18 Å². The van der Waals surface area contributed by atoms with Crippen molar-refractivity contribution in [1.29, 1.82) is 5.26 Å². The molecular weight excluding hydrogens is 860 g/mol. The highest BCUT2D eigenvalue weighted by atomic mass is 19.4. The number of nitriles is 1. The number of hydrogen-bond donors (Lipinski definition) is 0. The Hall–Kier alpha value is -9.48. The lowest BCUT2D eigenvalue weighted by atomic mass is 9.97. The van der Waals surface area contributed by atoms with E-state index in [9.17, 15) is 5.26 Å². The normalized spacial score (nSPS) is 11.7. The number of benzene rings is 6. The highest BCUT2D eigenvalue weighted by Crippen LogP contribution is 2.46. The molecular formula is C54H30F3N11. The van der Waals surface area contributed by atoms with Gasteiger partial charge in [0.25, 0.3) is 0 Å². The van der Waals surface area contributed by atoms with Gasteiger partial charge < -0.3 is 9.13 Å². The van der Waals surface area contributed by atoms with Crippen LogP contribution in [0.4, 0.5) is 13.2 Å². The Morgan fingerprint density at radius 2 is 0.750 bits per heavy atom. The van der Waals surface area contributed by atoms with Crippen molar-refractivity contribution >= 4 is 43.6 Å². The summed E-state index contributed by atoms with van der Waals surface area (Å²) in [6, 6.07) is 41.3. The summed E-state index contributed by atoms with van der Waals surface area (Å²) in [5.41, 5.74) is 5.72. The van der Waals surface area contributed by atoms with Gasteiger partial charge in [0.2, 0.25) is 0 Å². The number of rotatable bonds is 7. The first-order valence-electron chi connectivity index (χ1n) is 21.3. The maximum absolute atomic E-state index is 16.3. The van der Waals surface area contributed by atoms with Crippen LogP contribution < -0.4 is 0 Å². The lowest BCUT2D eigenvalue weighted by Crippen LogP contribution is -2.13. The van der Waals surface area contributed by atoms with Gasteiger partial charge in [-0.1, -0.05) is 12.1 Å². The highest BCUT2D eigenvalue weighted by molar-refractivity contribution is 6.13. The van der Waals surface area contributed by atoms with Crippen LogP contribution in [0.1, 0.15) is 11.1 Å². The van der Waals surface area contributed by atoms with Gasteiger partial charge >= 0.3 is 6.18 Å². The molecule has 0 atom stereocenters. The molecule has 0 aliphatic rings. The molecule has 0 aliphatic heterocycles. The smallest absolute Gasteiger partial charge is 0.309 e. The van der Waals surface area contributed by atoms with Gasteiger partial charge in [0.05, 0.1) is 50.6 Å². The summed E-state index contributed by atoms with van der Waals surface area (Å²) in [5.74, 6) is 1.92. The zero-order valence-corrected chi connectivity index (χ0v) is 35.4. The maximum Gasteiger partial charge on any atom is 0.418 e. The molecule has 0 saturated carbocycles. The number of hydrogen-bond acceptors (Lipinski definition) is 9. The van der Waals surface area contributed by atoms with E-state index < -0.39 is 11.7 Å². The average Bonchev–Trinajstić information content (AvgIpc) is 3.90. The van der Waals surface area contributed by atoms with Gasteiger partial charge in [-0.25, -0.2) is 39.9 Å². The van der Waals surface area contributed by atoms with Crippen LogP contribution in [0, 0.1) is 11.3 Å². The molecule has 68 heavy (non-hydrogen) atoms. The van der Waals surface area contributed by atoms with Crippen LogP contribution in [0.15, 0.2) is 183 Å². The summed E-state index contributed by atoms with van der Waals surface area (Å²) in [6.45, 7) is 0. The molecule has 0 bridgehead atoms. The van der Waals surface area contributed by atoms with E-state index in [0.29, 0.717) is 84.0 Å². The monoisotopic (exact) mass is 889 g/mol. The second-order valence-electron chi connectivity index (χ2n) is 16.0. The number of fused-ring (bicyclic) bond motifs is 6. The molecule has 0 fully saturated rings. The van der Waals surface area contributed by atoms with Crippen molar-refractivity contribution in [2.45, 2.75) is 6.18 Å². The SMILES string of the molecule is N#Cc1cccc(-c2cc(-n3c4ccc(-c5ncccn5)cc4c4cc(-c5ncccn5)ccc43)c(C(F)(F)F)cc2-n2c3ccc(-c4ncccn4)cc3c3cc(-c4ncccn4)ccc32)c1. The number of alkyl halides is 3. The van der Waals surface area contributed by atoms with E-state index in [1.54, 1.807) is 115 Å². The second-order valence-corrected chi connectivity index (χ2v) is 16.0. The fraction of sp³-hybridized carbons (Fsp3) is 0.0185. The lowest BCUT2D eigenvalue weighted by molar-refractivity contribution is -0.137. The van der Waals surface area contributed by atoms with Crippen molar-refractivity contribution in [3.05, 3.63) is 194 Å². The van der Waals surface area contributed by atoms with Gasteiger partial charge in [0, 0.05) is 98.9 Å². The molecule has 0 spiro atoms. The molecule has 0 radical (unpaired) electrons. The van der Waals surface area contributed by atoms with Crippen molar-refractivity contribution in [3.63, 3.8) is 0 Å². The van der Waals surface area contributed by atoms with Crippen molar-refractivity contribution in [2.24, 2.45) is 0 Å². The first kappa shape index (κ1) is 40.1. The minimum absolute atomic E-state index is 0.112. The van der Waals surface area contributed by atoms with Crippen molar-refractivity contribution in [2.75, 3.05) is 0 Å². The van der Waals surface area contributed by atoms with Crippen LogP contribution in [0.25, 0.3) is 112 Å². The van der Waals surface area contributed by atoms with Crippen LogP contribution in [0.5, 0.6) is 0 Å². The third kappa shape index (κ3) is 6.76. The third-order valence-electron chi connectivity index (χ3n) is 12.0. The lowest BCUT2D eigenvalue weighted by Gasteiger charge is -2.22. The Balaban J connectivity index is 1.18. The summed E-state index contributed by atoms with van der Waals surface area (Å²) in [6.07, 6.45) is 8.36. The molecule has 0 unspecified atom stereocenters. The van der Waals surface area contributed by atoms with Gasteiger partial charge in [-0.15, -0.1) is 0 Å². The predicted molar refractivity (Wildman–Crippen MR) is 254 cm³/mol. The Bertz CT molecular complexity index is 3770. The average molecular weight is 890 g/mol. The van der Waals surface area contributed by atoms with Crippen molar-refractivity contribution < 1.29 is 13.2 Å². The zero-order chi connectivity index (χ0) is 45.9. The second kappa shape index (κ2) is 15.9. The van der Waals surface area contributed by atoms with E-state index in [4.69, 9.17) is 0 Å². The van der Waals surface area contributed by atoms with Gasteiger partial charge in [-0.05, 0) is 127 Å². The molecule has 0 amide bonds. The molecule has 322 valence electrons. The van der Waals surface area contributed by atoms with Gasteiger partial charge in [0.1, 0.15) is 0 Å². The van der Waals surface area contributed by atoms with E-state index in [0.717, 1.165) is 21.9 Å². The van der Waals surface area contributed by atoms with Crippen molar-refractivity contribution in [1.82, 2.24) is 49.0 Å². The summed E-state index contributed by atoms with van der Waals surface area (Å²) >= 11 is 0. The van der Waals surface area contributed by atoms with Gasteiger partial charge in [-0.3, -0.25) is 0 Å². The third-order valence-corrected chi connectivity index (χ3v) is 12.0. The van der Waals surface area contributed by atoms with E-state index >= 15 is 13.2 Å². The number of halogens is 3.